The minimum Gasteiger partial charge on any atom is -0.358 e. The Morgan fingerprint density at radius 2 is 1.79 bits per heavy atom. The van der Waals surface area contributed by atoms with E-state index in [2.05, 4.69) is 5.10 Å². The van der Waals surface area contributed by atoms with E-state index in [0.29, 0.717) is 38.3 Å². The number of aromatic nitrogens is 2. The third-order valence-corrected chi connectivity index (χ3v) is 4.87. The molecule has 2 heterocycles. The molecule has 1 aromatic carbocycles. The topological polar surface area (TPSA) is 128 Å². The van der Waals surface area contributed by atoms with Crippen molar-refractivity contribution in [3.8, 4) is 0 Å². The van der Waals surface area contributed by atoms with Gasteiger partial charge in [0.25, 0.3) is 0 Å². The van der Waals surface area contributed by atoms with E-state index >= 15 is 0 Å². The fraction of sp³-hybridized carbons (Fsp3) is 0.412. The van der Waals surface area contributed by atoms with Crippen molar-refractivity contribution in [1.82, 2.24) is 19.6 Å². The molecule has 1 amide bonds. The van der Waals surface area contributed by atoms with Gasteiger partial charge in [0, 0.05) is 38.3 Å². The van der Waals surface area contributed by atoms with Crippen molar-refractivity contribution in [1.29, 1.82) is 0 Å². The normalized spacial score (nSPS) is 14.8. The molecule has 0 aliphatic carbocycles. The summed E-state index contributed by atoms with van der Waals surface area (Å²) < 4.78 is 14.8. The molecule has 0 atom stereocenters. The summed E-state index contributed by atoms with van der Waals surface area (Å²) in [5, 5.41) is 25.7. The fourth-order valence-electron chi connectivity index (χ4n) is 3.26. The summed E-state index contributed by atoms with van der Waals surface area (Å²) in [5.41, 5.74) is -0.176. The first-order valence-corrected chi connectivity index (χ1v) is 8.87. The Bertz CT molecular complexity index is 954. The number of nitro groups is 2. The molecule has 29 heavy (non-hydrogen) atoms. The second-order valence-corrected chi connectivity index (χ2v) is 6.68. The lowest BCUT2D eigenvalue weighted by Crippen LogP contribution is -2.49. The molecule has 1 fully saturated rings. The summed E-state index contributed by atoms with van der Waals surface area (Å²) in [4.78, 5) is 36.4. The molecule has 1 aliphatic heterocycles. The van der Waals surface area contributed by atoms with Gasteiger partial charge in [-0.15, -0.1) is 0 Å². The van der Waals surface area contributed by atoms with Crippen LogP contribution in [0.15, 0.2) is 24.3 Å². The van der Waals surface area contributed by atoms with Crippen LogP contribution in [0, 0.1) is 33.0 Å². The highest BCUT2D eigenvalue weighted by Crippen LogP contribution is 2.29. The van der Waals surface area contributed by atoms with Gasteiger partial charge in [0.05, 0.1) is 10.0 Å². The average molecular weight is 406 g/mol. The van der Waals surface area contributed by atoms with E-state index in [4.69, 9.17) is 0 Å². The third kappa shape index (κ3) is 4.37. The minimum atomic E-state index is -0.937. The molecule has 0 N–H and O–H groups in total. The molecule has 0 unspecified atom stereocenters. The van der Waals surface area contributed by atoms with E-state index < -0.39 is 21.4 Å². The zero-order valence-electron chi connectivity index (χ0n) is 15.7. The molecule has 12 heteroatoms. The van der Waals surface area contributed by atoms with Gasteiger partial charge in [-0.1, -0.05) is 18.2 Å². The molecule has 1 aromatic heterocycles. The number of carbonyl (C=O) groups is 1. The second-order valence-electron chi connectivity index (χ2n) is 6.68. The quantitative estimate of drug-likeness (QED) is 0.525. The summed E-state index contributed by atoms with van der Waals surface area (Å²) in [6.45, 7) is 3.31. The van der Waals surface area contributed by atoms with Crippen LogP contribution in [0.2, 0.25) is 0 Å². The first-order valence-electron chi connectivity index (χ1n) is 8.87. The maximum Gasteiger partial charge on any atom is 0.468 e. The van der Waals surface area contributed by atoms with Crippen molar-refractivity contribution in [2.75, 3.05) is 26.2 Å². The van der Waals surface area contributed by atoms with Gasteiger partial charge in [-0.05, 0) is 17.9 Å². The lowest BCUT2D eigenvalue weighted by atomic mass is 10.2. The van der Waals surface area contributed by atoms with Gasteiger partial charge in [0.2, 0.25) is 5.91 Å². The molecular formula is C17H19FN6O5. The first-order chi connectivity index (χ1) is 13.8. The van der Waals surface area contributed by atoms with Crippen LogP contribution in [0.25, 0.3) is 0 Å². The van der Waals surface area contributed by atoms with E-state index in [-0.39, 0.29) is 24.0 Å². The van der Waals surface area contributed by atoms with Crippen molar-refractivity contribution in [2.45, 2.75) is 20.0 Å². The molecule has 154 valence electrons. The van der Waals surface area contributed by atoms with Crippen molar-refractivity contribution in [3.63, 3.8) is 0 Å². The summed E-state index contributed by atoms with van der Waals surface area (Å²) in [6.07, 6.45) is 0. The number of hydrogen-bond donors (Lipinski definition) is 0. The molecule has 1 aliphatic rings. The first kappa shape index (κ1) is 20.3. The van der Waals surface area contributed by atoms with Crippen molar-refractivity contribution < 1.29 is 19.0 Å². The van der Waals surface area contributed by atoms with Crippen molar-refractivity contribution in [2.24, 2.45) is 0 Å². The smallest absolute Gasteiger partial charge is 0.358 e. The minimum absolute atomic E-state index is 0.0479. The van der Waals surface area contributed by atoms with Crippen LogP contribution in [-0.4, -0.2) is 61.5 Å². The van der Waals surface area contributed by atoms with Crippen LogP contribution in [0.1, 0.15) is 11.3 Å². The zero-order chi connectivity index (χ0) is 21.1. The maximum atomic E-state index is 13.8. The largest absolute Gasteiger partial charge is 0.468 e. The molecule has 3 rings (SSSR count). The molecule has 0 spiro atoms. The summed E-state index contributed by atoms with van der Waals surface area (Å²) >= 11 is 0. The van der Waals surface area contributed by atoms with Gasteiger partial charge in [-0.2, -0.15) is 4.68 Å². The number of halogens is 1. The molecular weight excluding hydrogens is 387 g/mol. The monoisotopic (exact) mass is 406 g/mol. The van der Waals surface area contributed by atoms with E-state index in [1.54, 1.807) is 23.1 Å². The number of nitrogens with zero attached hydrogens (tertiary/aromatic N) is 6. The van der Waals surface area contributed by atoms with Crippen LogP contribution in [0.5, 0.6) is 0 Å². The molecule has 0 bridgehead atoms. The van der Waals surface area contributed by atoms with Crippen LogP contribution in [0.3, 0.4) is 0 Å². The van der Waals surface area contributed by atoms with E-state index in [9.17, 15) is 29.4 Å². The Labute approximate surface area is 164 Å². The Kier molecular flexibility index (Phi) is 5.82. The van der Waals surface area contributed by atoms with Gasteiger partial charge in [-0.25, -0.2) is 4.39 Å². The van der Waals surface area contributed by atoms with Gasteiger partial charge in [0.1, 0.15) is 18.1 Å². The standard InChI is InChI=1S/C17H19FN6O5/c1-12-16(23(26)27)17(24(28)29)19-22(12)11-15(25)21-8-6-20(7-9-21)10-13-4-2-3-5-14(13)18/h2-5H,6-11H2,1H3. The number of hydrogen-bond acceptors (Lipinski definition) is 7. The summed E-state index contributed by atoms with van der Waals surface area (Å²) in [5.74, 6) is -1.50. The fourth-order valence-corrected chi connectivity index (χ4v) is 3.26. The average Bonchev–Trinajstić information content (AvgIpc) is 3.01. The Hall–Kier alpha value is -3.41. The highest BCUT2D eigenvalue weighted by Gasteiger charge is 2.36. The Morgan fingerprint density at radius 1 is 1.14 bits per heavy atom. The SMILES string of the molecule is Cc1c([N+](=O)[O-])c([N+](=O)[O-])nn1CC(=O)N1CCN(Cc2ccccc2F)CC1. The summed E-state index contributed by atoms with van der Waals surface area (Å²) in [7, 11) is 0. The lowest BCUT2D eigenvalue weighted by Gasteiger charge is -2.34. The van der Waals surface area contributed by atoms with Crippen LogP contribution >= 0.6 is 0 Å². The third-order valence-electron chi connectivity index (χ3n) is 4.87. The van der Waals surface area contributed by atoms with Gasteiger partial charge in [0.15, 0.2) is 0 Å². The highest BCUT2D eigenvalue weighted by molar-refractivity contribution is 5.76. The van der Waals surface area contributed by atoms with Gasteiger partial charge >= 0.3 is 11.5 Å². The number of amides is 1. The molecule has 1 saturated heterocycles. The molecule has 0 radical (unpaired) electrons. The number of rotatable bonds is 6. The molecule has 2 aromatic rings. The van der Waals surface area contributed by atoms with Gasteiger partial charge < -0.3 is 15.0 Å². The maximum absolute atomic E-state index is 13.8. The second kappa shape index (κ2) is 8.31. The predicted octanol–water partition coefficient (Wildman–Crippen LogP) is 1.49. The number of benzene rings is 1. The Morgan fingerprint density at radius 3 is 2.34 bits per heavy atom. The van der Waals surface area contributed by atoms with Crippen molar-refractivity contribution in [3.05, 3.63) is 61.6 Å². The molecule has 0 saturated carbocycles. The number of carbonyl (C=O) groups excluding carboxylic acids is 1. The van der Waals surface area contributed by atoms with E-state index in [1.807, 2.05) is 4.90 Å². The molecule has 11 nitrogen and oxygen atoms in total. The van der Waals surface area contributed by atoms with Gasteiger partial charge in [-0.3, -0.25) is 19.8 Å². The number of piperazine rings is 1. The van der Waals surface area contributed by atoms with Crippen LogP contribution < -0.4 is 0 Å². The Balaban J connectivity index is 1.62. The predicted molar refractivity (Wildman–Crippen MR) is 98.5 cm³/mol. The summed E-state index contributed by atoms with van der Waals surface area (Å²) in [6, 6.07) is 6.51. The van der Waals surface area contributed by atoms with Crippen molar-refractivity contribution >= 4 is 17.4 Å². The highest BCUT2D eigenvalue weighted by atomic mass is 19.1. The van der Waals surface area contributed by atoms with Crippen LogP contribution in [0.4, 0.5) is 15.9 Å². The van der Waals surface area contributed by atoms with Crippen LogP contribution in [-0.2, 0) is 17.9 Å². The van der Waals surface area contributed by atoms with E-state index in [1.165, 1.54) is 13.0 Å². The van der Waals surface area contributed by atoms with E-state index in [0.717, 1.165) is 4.68 Å². The zero-order valence-corrected chi connectivity index (χ0v) is 15.7. The lowest BCUT2D eigenvalue weighted by molar-refractivity contribution is -0.424.